The molecule has 5 rings (SSSR count). The van der Waals surface area contributed by atoms with Gasteiger partial charge < -0.3 is 15.7 Å². The highest BCUT2D eigenvalue weighted by Gasteiger charge is 2.52. The van der Waals surface area contributed by atoms with Crippen molar-refractivity contribution in [3.63, 3.8) is 0 Å². The first-order chi connectivity index (χ1) is 16.7. The largest absolute Gasteiger partial charge is 0.478 e. The average molecular weight is 469 g/mol. The van der Waals surface area contributed by atoms with E-state index in [1.807, 2.05) is 30.3 Å². The number of carboxylic acid groups (broad SMARTS) is 1. The Hall–Kier alpha value is -3.27. The van der Waals surface area contributed by atoms with Gasteiger partial charge >= 0.3 is 5.97 Å². The van der Waals surface area contributed by atoms with Crippen LogP contribution in [-0.2, 0) is 5.41 Å². The number of aryl methyl sites for hydroxylation is 2. The van der Waals surface area contributed by atoms with Crippen LogP contribution in [0.15, 0.2) is 60.7 Å². The van der Waals surface area contributed by atoms with E-state index in [0.717, 1.165) is 29.1 Å². The second-order valence-electron chi connectivity index (χ2n) is 11.1. The van der Waals surface area contributed by atoms with E-state index in [0.29, 0.717) is 11.1 Å². The summed E-state index contributed by atoms with van der Waals surface area (Å²) in [5.74, 6) is 1.53. The van der Waals surface area contributed by atoms with E-state index < -0.39 is 5.97 Å². The van der Waals surface area contributed by atoms with Crippen molar-refractivity contribution in [2.45, 2.75) is 58.8 Å². The van der Waals surface area contributed by atoms with Gasteiger partial charge in [0.2, 0.25) is 0 Å². The maximum Gasteiger partial charge on any atom is 0.337 e. The SMILES string of the molecule is Cc1cc(C23CC(C)CC2CC(C)C3)cc(C)c1Nc1ccc(Nc2ccccc2C(=O)O)cc1. The molecule has 3 N–H and O–H groups in total. The summed E-state index contributed by atoms with van der Waals surface area (Å²) in [6.07, 6.45) is 5.40. The summed E-state index contributed by atoms with van der Waals surface area (Å²) in [6, 6.07) is 19.9. The second-order valence-corrected chi connectivity index (χ2v) is 11.1. The summed E-state index contributed by atoms with van der Waals surface area (Å²) < 4.78 is 0. The minimum absolute atomic E-state index is 0.260. The van der Waals surface area contributed by atoms with Crippen molar-refractivity contribution < 1.29 is 9.90 Å². The molecule has 4 heteroatoms. The molecule has 2 saturated carbocycles. The molecule has 0 saturated heterocycles. The molecule has 2 aliphatic rings. The Morgan fingerprint density at radius 2 is 1.40 bits per heavy atom. The number of anilines is 4. The zero-order chi connectivity index (χ0) is 24.7. The fourth-order valence-electron chi connectivity index (χ4n) is 6.98. The summed E-state index contributed by atoms with van der Waals surface area (Å²) in [4.78, 5) is 11.5. The van der Waals surface area contributed by atoms with Crippen molar-refractivity contribution in [2.75, 3.05) is 10.6 Å². The van der Waals surface area contributed by atoms with Gasteiger partial charge in [-0.05, 0) is 116 Å². The van der Waals surface area contributed by atoms with E-state index in [2.05, 4.69) is 50.5 Å². The van der Waals surface area contributed by atoms with Gasteiger partial charge in [0.25, 0.3) is 0 Å². The van der Waals surface area contributed by atoms with Crippen molar-refractivity contribution in [3.8, 4) is 0 Å². The van der Waals surface area contributed by atoms with Crippen LogP contribution in [0.5, 0.6) is 0 Å². The van der Waals surface area contributed by atoms with Crippen molar-refractivity contribution in [3.05, 3.63) is 82.9 Å². The molecule has 0 amide bonds. The van der Waals surface area contributed by atoms with Gasteiger partial charge in [-0.15, -0.1) is 0 Å². The molecule has 2 unspecified atom stereocenters. The lowest BCUT2D eigenvalue weighted by Crippen LogP contribution is -2.26. The first kappa shape index (κ1) is 23.5. The topological polar surface area (TPSA) is 61.4 Å². The maximum absolute atomic E-state index is 11.5. The third-order valence-corrected chi connectivity index (χ3v) is 8.28. The molecule has 0 radical (unpaired) electrons. The highest BCUT2D eigenvalue weighted by atomic mass is 16.4. The molecule has 0 aromatic heterocycles. The van der Waals surface area contributed by atoms with Crippen LogP contribution in [0.1, 0.15) is 66.6 Å². The Morgan fingerprint density at radius 3 is 1.97 bits per heavy atom. The zero-order valence-corrected chi connectivity index (χ0v) is 21.2. The highest BCUT2D eigenvalue weighted by molar-refractivity contribution is 5.95. The quantitative estimate of drug-likeness (QED) is 0.341. The standard InChI is InChI=1S/C31H36N2O2/c1-19-13-23-14-20(2)18-31(23,17-19)24-15-21(3)29(22(4)16-24)33-26-11-9-25(10-12-26)32-28-8-6-5-7-27(28)30(34)35/h5-12,15-16,19-20,23,32-33H,13-14,17-18H2,1-4H3,(H,34,35). The molecule has 35 heavy (non-hydrogen) atoms. The highest BCUT2D eigenvalue weighted by Crippen LogP contribution is 2.59. The monoisotopic (exact) mass is 468 g/mol. The Morgan fingerprint density at radius 1 is 0.857 bits per heavy atom. The first-order valence-corrected chi connectivity index (χ1v) is 12.8. The van der Waals surface area contributed by atoms with Crippen LogP contribution in [0.3, 0.4) is 0 Å². The summed E-state index contributed by atoms with van der Waals surface area (Å²) >= 11 is 0. The maximum atomic E-state index is 11.5. The van der Waals surface area contributed by atoms with Gasteiger partial charge in [-0.25, -0.2) is 4.79 Å². The zero-order valence-electron chi connectivity index (χ0n) is 21.2. The van der Waals surface area contributed by atoms with Crippen LogP contribution < -0.4 is 10.6 Å². The molecular formula is C31H36N2O2. The number of fused-ring (bicyclic) bond motifs is 1. The third-order valence-electron chi connectivity index (χ3n) is 8.28. The normalized spacial score (nSPS) is 25.3. The lowest BCUT2D eigenvalue weighted by molar-refractivity contribution is 0.0698. The molecule has 0 bridgehead atoms. The second kappa shape index (κ2) is 9.07. The number of hydrogen-bond acceptors (Lipinski definition) is 3. The number of nitrogens with one attached hydrogen (secondary N) is 2. The Bertz CT molecular complexity index is 1210. The predicted molar refractivity (Wildman–Crippen MR) is 144 cm³/mol. The van der Waals surface area contributed by atoms with Gasteiger partial charge in [0.1, 0.15) is 0 Å². The number of hydrogen-bond donors (Lipinski definition) is 3. The van der Waals surface area contributed by atoms with Crippen LogP contribution in [0.4, 0.5) is 22.7 Å². The molecular weight excluding hydrogens is 432 g/mol. The minimum atomic E-state index is -0.939. The Balaban J connectivity index is 1.35. The fourth-order valence-corrected chi connectivity index (χ4v) is 6.98. The van der Waals surface area contributed by atoms with E-state index in [9.17, 15) is 9.90 Å². The summed E-state index contributed by atoms with van der Waals surface area (Å²) in [7, 11) is 0. The van der Waals surface area contributed by atoms with Crippen molar-refractivity contribution >= 4 is 28.7 Å². The van der Waals surface area contributed by atoms with Crippen LogP contribution in [-0.4, -0.2) is 11.1 Å². The molecule has 0 heterocycles. The van der Waals surface area contributed by atoms with Gasteiger partial charge in [0, 0.05) is 17.1 Å². The molecule has 3 aromatic rings. The van der Waals surface area contributed by atoms with E-state index in [1.165, 1.54) is 42.5 Å². The van der Waals surface area contributed by atoms with E-state index in [1.54, 1.807) is 23.8 Å². The fraction of sp³-hybridized carbons (Fsp3) is 0.387. The van der Waals surface area contributed by atoms with Crippen LogP contribution in [0, 0.1) is 31.6 Å². The van der Waals surface area contributed by atoms with E-state index in [-0.39, 0.29) is 5.56 Å². The molecule has 2 atom stereocenters. The van der Waals surface area contributed by atoms with E-state index >= 15 is 0 Å². The van der Waals surface area contributed by atoms with Gasteiger partial charge in [0.05, 0.1) is 11.3 Å². The first-order valence-electron chi connectivity index (χ1n) is 12.8. The number of carbonyl (C=O) groups is 1. The molecule has 0 aliphatic heterocycles. The van der Waals surface area contributed by atoms with Crippen molar-refractivity contribution in [2.24, 2.45) is 17.8 Å². The van der Waals surface area contributed by atoms with Crippen molar-refractivity contribution in [1.29, 1.82) is 0 Å². The number of carboxylic acids is 1. The molecule has 3 aromatic carbocycles. The Kier molecular flexibility index (Phi) is 6.08. The van der Waals surface area contributed by atoms with Crippen LogP contribution >= 0.6 is 0 Å². The molecule has 0 spiro atoms. The third kappa shape index (κ3) is 4.42. The predicted octanol–water partition coefficient (Wildman–Crippen LogP) is 8.20. The van der Waals surface area contributed by atoms with Crippen LogP contribution in [0.2, 0.25) is 0 Å². The van der Waals surface area contributed by atoms with Gasteiger partial charge in [0.15, 0.2) is 0 Å². The lowest BCUT2D eigenvalue weighted by Gasteiger charge is -2.32. The van der Waals surface area contributed by atoms with E-state index in [4.69, 9.17) is 0 Å². The van der Waals surface area contributed by atoms with Gasteiger partial charge in [-0.2, -0.15) is 0 Å². The number of rotatable bonds is 6. The van der Waals surface area contributed by atoms with Crippen LogP contribution in [0.25, 0.3) is 0 Å². The molecule has 4 nitrogen and oxygen atoms in total. The summed E-state index contributed by atoms with van der Waals surface area (Å²) in [5, 5.41) is 16.3. The lowest BCUT2D eigenvalue weighted by atomic mass is 9.72. The van der Waals surface area contributed by atoms with Crippen molar-refractivity contribution in [1.82, 2.24) is 0 Å². The molecule has 2 aliphatic carbocycles. The summed E-state index contributed by atoms with van der Waals surface area (Å²) in [6.45, 7) is 9.30. The van der Waals surface area contributed by atoms with Gasteiger partial charge in [-0.1, -0.05) is 38.1 Å². The minimum Gasteiger partial charge on any atom is -0.478 e. The Labute approximate surface area is 208 Å². The summed E-state index contributed by atoms with van der Waals surface area (Å²) in [5.41, 5.74) is 8.40. The molecule has 2 fully saturated rings. The van der Waals surface area contributed by atoms with Gasteiger partial charge in [-0.3, -0.25) is 0 Å². The average Bonchev–Trinajstić information content (AvgIpc) is 3.28. The number of para-hydroxylation sites is 1. The number of benzene rings is 3. The smallest absolute Gasteiger partial charge is 0.337 e. The molecule has 182 valence electrons. The number of aromatic carboxylic acids is 1.